The van der Waals surface area contributed by atoms with Crippen LogP contribution in [0.15, 0.2) is 159 Å². The molecule has 0 N–H and O–H groups in total. The predicted octanol–water partition coefficient (Wildman–Crippen LogP) is 13.2. The van der Waals surface area contributed by atoms with Crippen molar-refractivity contribution in [3.05, 3.63) is 175 Å². The van der Waals surface area contributed by atoms with E-state index >= 15 is 0 Å². The fourth-order valence-corrected chi connectivity index (χ4v) is 7.41. The number of fused-ring (bicyclic) bond motifs is 4. The molecule has 2 heteroatoms. The second-order valence-electron chi connectivity index (χ2n) is 12.7. The lowest BCUT2D eigenvalue weighted by atomic mass is 9.92. The topological polar surface area (TPSA) is 12.5 Å². The Hall–Kier alpha value is -6.12. The summed E-state index contributed by atoms with van der Waals surface area (Å²) in [6, 6.07) is 41.5. The summed E-state index contributed by atoms with van der Waals surface area (Å²) in [5.74, 6) is 0.826. The number of hydrogen-bond donors (Lipinski definition) is 0. The molecule has 250 valence electrons. The largest absolute Gasteiger partial charge is 0.496 e. The number of benzene rings is 6. The average Bonchev–Trinajstić information content (AvgIpc) is 3.36. The van der Waals surface area contributed by atoms with Crippen LogP contribution in [0.4, 0.5) is 5.69 Å². The number of anilines is 1. The Morgan fingerprint density at radius 1 is 0.647 bits per heavy atom. The summed E-state index contributed by atoms with van der Waals surface area (Å²) in [5.41, 5.74) is 14.4. The van der Waals surface area contributed by atoms with E-state index < -0.39 is 0 Å². The van der Waals surface area contributed by atoms with Crippen LogP contribution < -0.4 is 9.64 Å². The molecule has 0 fully saturated rings. The molecule has 0 bridgehead atoms. The molecular formula is C49H43NO. The fourth-order valence-electron chi connectivity index (χ4n) is 7.41. The number of rotatable bonds is 8. The van der Waals surface area contributed by atoms with Crippen molar-refractivity contribution in [1.29, 1.82) is 0 Å². The van der Waals surface area contributed by atoms with Gasteiger partial charge in [-0.15, -0.1) is 6.58 Å². The van der Waals surface area contributed by atoms with Crippen molar-refractivity contribution in [1.82, 2.24) is 0 Å². The van der Waals surface area contributed by atoms with E-state index in [4.69, 9.17) is 4.74 Å². The minimum atomic E-state index is 0.00912. The maximum atomic E-state index is 5.84. The van der Waals surface area contributed by atoms with Gasteiger partial charge in [0.05, 0.1) is 13.2 Å². The van der Waals surface area contributed by atoms with E-state index in [2.05, 4.69) is 152 Å². The molecule has 8 rings (SSSR count). The third-order valence-electron chi connectivity index (χ3n) is 9.89. The first-order valence-corrected chi connectivity index (χ1v) is 17.6. The van der Waals surface area contributed by atoms with E-state index in [9.17, 15) is 0 Å². The Kier molecular flexibility index (Phi) is 9.67. The molecule has 0 saturated heterocycles. The van der Waals surface area contributed by atoms with Crippen LogP contribution >= 0.6 is 0 Å². The molecule has 6 aromatic rings. The molecule has 0 aromatic heterocycles. The Balaban J connectivity index is 0.000000966. The molecule has 1 unspecified atom stereocenters. The smallest absolute Gasteiger partial charge is 0.127 e. The standard InChI is InChI=1S/C45H35NO.C4H8/c1-4-28-46(42-26-27-43(47-3)44(35(42)5-2)31-12-7-6-8-13-31)34-22-20-30-18-19-33(29-32(30)21-23-34)36-24-25-41-38-15-10-9-14-37(38)40-17-11-16-39(36)45(40)41;1-3-4-2/h4-27,29,34H,1-2,28H2,3H3;3-4H,1-2H3/b;4-3-. The number of allylic oxidation sites excluding steroid dienone is 2. The zero-order valence-corrected chi connectivity index (χ0v) is 29.6. The fraction of sp³-hybridized carbons (Fsp3) is 0.102. The van der Waals surface area contributed by atoms with Crippen LogP contribution in [0.2, 0.25) is 0 Å². The molecule has 2 nitrogen and oxygen atoms in total. The van der Waals surface area contributed by atoms with Gasteiger partial charge < -0.3 is 9.64 Å². The van der Waals surface area contributed by atoms with Crippen LogP contribution in [0.5, 0.6) is 5.75 Å². The molecule has 0 amide bonds. The molecule has 1 atom stereocenters. The van der Waals surface area contributed by atoms with Gasteiger partial charge in [0, 0.05) is 23.4 Å². The molecule has 51 heavy (non-hydrogen) atoms. The minimum absolute atomic E-state index is 0.00912. The van der Waals surface area contributed by atoms with Gasteiger partial charge >= 0.3 is 0 Å². The van der Waals surface area contributed by atoms with Crippen LogP contribution in [0.25, 0.3) is 73.5 Å². The summed E-state index contributed by atoms with van der Waals surface area (Å²) < 4.78 is 5.84. The number of ether oxygens (including phenoxy) is 1. The van der Waals surface area contributed by atoms with Crippen molar-refractivity contribution in [2.24, 2.45) is 0 Å². The molecular weight excluding hydrogens is 619 g/mol. The minimum Gasteiger partial charge on any atom is -0.496 e. The van der Waals surface area contributed by atoms with Crippen molar-refractivity contribution in [2.45, 2.75) is 19.9 Å². The molecule has 0 aliphatic heterocycles. The number of hydrogen-bond acceptors (Lipinski definition) is 2. The lowest BCUT2D eigenvalue weighted by Gasteiger charge is -2.31. The van der Waals surface area contributed by atoms with E-state index in [-0.39, 0.29) is 6.04 Å². The number of methoxy groups -OCH3 is 1. The van der Waals surface area contributed by atoms with Crippen molar-refractivity contribution in [3.63, 3.8) is 0 Å². The highest BCUT2D eigenvalue weighted by Crippen LogP contribution is 2.49. The monoisotopic (exact) mass is 661 g/mol. The average molecular weight is 662 g/mol. The van der Waals surface area contributed by atoms with Gasteiger partial charge in [0.25, 0.3) is 0 Å². The first kappa shape index (κ1) is 33.4. The molecule has 0 radical (unpaired) electrons. The van der Waals surface area contributed by atoms with E-state index in [1.54, 1.807) is 7.11 Å². The summed E-state index contributed by atoms with van der Waals surface area (Å²) in [6.45, 7) is 13.0. The maximum absolute atomic E-state index is 5.84. The summed E-state index contributed by atoms with van der Waals surface area (Å²) in [5, 5.41) is 2.65. The SMILES string of the molecule is C/C=C\C.C=CCN(c1ccc(OC)c(-c2ccccc2)c1C=C)C1C=Cc2ccc(-c3ccc4c5c(cccc35)-c3ccccc3-4)cc2C=C1. The van der Waals surface area contributed by atoms with Gasteiger partial charge in [-0.1, -0.05) is 152 Å². The third kappa shape index (κ3) is 6.15. The van der Waals surface area contributed by atoms with Gasteiger partial charge in [-0.2, -0.15) is 0 Å². The summed E-state index contributed by atoms with van der Waals surface area (Å²) >= 11 is 0. The second kappa shape index (κ2) is 14.8. The van der Waals surface area contributed by atoms with Gasteiger partial charge in [0.1, 0.15) is 5.75 Å². The van der Waals surface area contributed by atoms with Gasteiger partial charge in [-0.3, -0.25) is 0 Å². The first-order chi connectivity index (χ1) is 25.1. The van der Waals surface area contributed by atoms with Crippen molar-refractivity contribution in [2.75, 3.05) is 18.6 Å². The predicted molar refractivity (Wildman–Crippen MR) is 222 cm³/mol. The third-order valence-corrected chi connectivity index (χ3v) is 9.89. The Labute approximate surface area is 302 Å². The van der Waals surface area contributed by atoms with Crippen LogP contribution in [-0.4, -0.2) is 19.7 Å². The van der Waals surface area contributed by atoms with Crippen LogP contribution in [0.3, 0.4) is 0 Å². The zero-order valence-electron chi connectivity index (χ0n) is 29.6. The normalized spacial score (nSPS) is 13.6. The van der Waals surface area contributed by atoms with Gasteiger partial charge in [0.2, 0.25) is 0 Å². The summed E-state index contributed by atoms with van der Waals surface area (Å²) in [4.78, 5) is 2.37. The quantitative estimate of drug-likeness (QED) is 0.150. The molecule has 0 saturated carbocycles. The van der Waals surface area contributed by atoms with E-state index in [1.165, 1.54) is 55.3 Å². The Morgan fingerprint density at radius 2 is 1.31 bits per heavy atom. The van der Waals surface area contributed by atoms with Gasteiger partial charge in [-0.05, 0) is 92.9 Å². The lowest BCUT2D eigenvalue weighted by Crippen LogP contribution is -2.33. The molecule has 2 aliphatic rings. The van der Waals surface area contributed by atoms with Gasteiger partial charge in [0.15, 0.2) is 0 Å². The Bertz CT molecular complexity index is 2310. The van der Waals surface area contributed by atoms with Gasteiger partial charge in [-0.25, -0.2) is 0 Å². The van der Waals surface area contributed by atoms with E-state index in [0.717, 1.165) is 28.1 Å². The zero-order chi connectivity index (χ0) is 35.3. The molecule has 0 spiro atoms. The summed E-state index contributed by atoms with van der Waals surface area (Å²) in [7, 11) is 1.72. The highest BCUT2D eigenvalue weighted by molar-refractivity contribution is 6.18. The van der Waals surface area contributed by atoms with E-state index in [0.29, 0.717) is 6.54 Å². The van der Waals surface area contributed by atoms with Crippen LogP contribution in [0.1, 0.15) is 30.5 Å². The maximum Gasteiger partial charge on any atom is 0.127 e. The van der Waals surface area contributed by atoms with Crippen molar-refractivity contribution in [3.8, 4) is 50.3 Å². The van der Waals surface area contributed by atoms with Crippen LogP contribution in [-0.2, 0) is 0 Å². The van der Waals surface area contributed by atoms with Crippen molar-refractivity contribution >= 4 is 34.7 Å². The number of nitrogens with zero attached hydrogens (tertiary/aromatic N) is 1. The summed E-state index contributed by atoms with van der Waals surface area (Å²) in [6.07, 6.45) is 17.0. The molecule has 6 aromatic carbocycles. The highest BCUT2D eigenvalue weighted by Gasteiger charge is 2.24. The van der Waals surface area contributed by atoms with Crippen LogP contribution in [0, 0.1) is 0 Å². The lowest BCUT2D eigenvalue weighted by molar-refractivity contribution is 0.416. The molecule has 2 aliphatic carbocycles. The van der Waals surface area contributed by atoms with E-state index in [1.807, 2.05) is 44.2 Å². The second-order valence-corrected chi connectivity index (χ2v) is 12.7. The Morgan fingerprint density at radius 3 is 2.00 bits per heavy atom. The highest BCUT2D eigenvalue weighted by atomic mass is 16.5. The first-order valence-electron chi connectivity index (χ1n) is 17.6. The molecule has 0 heterocycles. The van der Waals surface area contributed by atoms with Crippen molar-refractivity contribution < 1.29 is 4.74 Å².